The first kappa shape index (κ1) is 13.9. The average Bonchev–Trinajstić information content (AvgIpc) is 2.52. The van der Waals surface area contributed by atoms with Crippen LogP contribution in [-0.4, -0.2) is 25.8 Å². The number of benzene rings is 2. The summed E-state index contributed by atoms with van der Waals surface area (Å²) in [7, 11) is 2.85. The first-order valence-corrected chi connectivity index (χ1v) is 6.53. The summed E-state index contributed by atoms with van der Waals surface area (Å²) in [5, 5.41) is 0. The second-order valence-corrected chi connectivity index (χ2v) is 4.87. The van der Waals surface area contributed by atoms with E-state index in [1.54, 1.807) is 12.1 Å². The molecule has 0 unspecified atom stereocenters. The highest BCUT2D eigenvalue weighted by Crippen LogP contribution is 2.41. The Bertz CT molecular complexity index is 762. The third-order valence-corrected chi connectivity index (χ3v) is 3.75. The number of anilines is 2. The maximum atomic E-state index is 12.9. The fraction of sp³-hybridized carbons (Fsp3) is 0.125. The predicted octanol–water partition coefficient (Wildman–Crippen LogP) is 1.64. The van der Waals surface area contributed by atoms with Gasteiger partial charge in [-0.3, -0.25) is 9.59 Å². The lowest BCUT2D eigenvalue weighted by atomic mass is 9.81. The van der Waals surface area contributed by atoms with E-state index in [9.17, 15) is 9.59 Å². The normalized spacial score (nSPS) is 12.6. The lowest BCUT2D eigenvalue weighted by Crippen LogP contribution is -2.25. The number of methoxy groups -OCH3 is 2. The van der Waals surface area contributed by atoms with Crippen molar-refractivity contribution < 1.29 is 19.1 Å². The zero-order valence-electron chi connectivity index (χ0n) is 12.1. The minimum absolute atomic E-state index is 0.122. The van der Waals surface area contributed by atoms with Crippen molar-refractivity contribution in [3.63, 3.8) is 0 Å². The Kier molecular flexibility index (Phi) is 3.02. The van der Waals surface area contributed by atoms with Gasteiger partial charge in [0.2, 0.25) is 5.78 Å². The van der Waals surface area contributed by atoms with Crippen molar-refractivity contribution in [2.75, 3.05) is 25.7 Å². The summed E-state index contributed by atoms with van der Waals surface area (Å²) in [6, 6.07) is 6.18. The summed E-state index contributed by atoms with van der Waals surface area (Å²) >= 11 is 0. The van der Waals surface area contributed by atoms with Crippen molar-refractivity contribution in [2.24, 2.45) is 0 Å². The molecule has 0 spiro atoms. The monoisotopic (exact) mass is 298 g/mol. The van der Waals surface area contributed by atoms with E-state index in [1.807, 2.05) is 0 Å². The fourth-order valence-electron chi connectivity index (χ4n) is 2.73. The standard InChI is InChI=1S/C16H14N2O4/c1-21-9-5-3-7(17)11-13(9)16(20)14-10(22-2)6-4-8(18)12(14)15(11)19/h3-6H,17-18H2,1-2H3. The van der Waals surface area contributed by atoms with E-state index in [2.05, 4.69) is 0 Å². The molecule has 0 atom stereocenters. The van der Waals surface area contributed by atoms with E-state index >= 15 is 0 Å². The molecule has 0 amide bonds. The Hall–Kier alpha value is -3.02. The number of fused-ring (bicyclic) bond motifs is 2. The van der Waals surface area contributed by atoms with Crippen LogP contribution in [0.1, 0.15) is 31.8 Å². The van der Waals surface area contributed by atoms with Gasteiger partial charge in [-0.2, -0.15) is 0 Å². The van der Waals surface area contributed by atoms with E-state index in [0.29, 0.717) is 0 Å². The molecular formula is C16H14N2O4. The SMILES string of the molecule is COc1ccc(N)c2c1C(=O)c1c(OC)ccc(N)c1C2=O. The Balaban J connectivity index is 2.43. The van der Waals surface area contributed by atoms with Crippen LogP contribution in [0.4, 0.5) is 11.4 Å². The molecule has 2 aromatic rings. The predicted molar refractivity (Wildman–Crippen MR) is 81.7 cm³/mol. The van der Waals surface area contributed by atoms with E-state index < -0.39 is 11.6 Å². The van der Waals surface area contributed by atoms with Crippen molar-refractivity contribution in [3.05, 3.63) is 46.5 Å². The minimum atomic E-state index is -0.405. The molecule has 0 aromatic heterocycles. The van der Waals surface area contributed by atoms with E-state index in [4.69, 9.17) is 20.9 Å². The number of ether oxygens (including phenoxy) is 2. The zero-order valence-corrected chi connectivity index (χ0v) is 12.1. The number of ketones is 2. The van der Waals surface area contributed by atoms with Gasteiger partial charge in [0, 0.05) is 11.4 Å². The van der Waals surface area contributed by atoms with Gasteiger partial charge in [-0.05, 0) is 24.3 Å². The summed E-state index contributed by atoms with van der Waals surface area (Å²) < 4.78 is 10.4. The number of rotatable bonds is 2. The molecule has 112 valence electrons. The lowest BCUT2D eigenvalue weighted by molar-refractivity contribution is 0.0975. The smallest absolute Gasteiger partial charge is 0.202 e. The van der Waals surface area contributed by atoms with Crippen LogP contribution in [-0.2, 0) is 0 Å². The minimum Gasteiger partial charge on any atom is -0.496 e. The molecule has 6 nitrogen and oxygen atoms in total. The Morgan fingerprint density at radius 3 is 1.41 bits per heavy atom. The van der Waals surface area contributed by atoms with Crippen LogP contribution in [0.2, 0.25) is 0 Å². The summed E-state index contributed by atoms with van der Waals surface area (Å²) in [4.78, 5) is 25.7. The molecule has 4 N–H and O–H groups in total. The van der Waals surface area contributed by atoms with Gasteiger partial charge in [-0.15, -0.1) is 0 Å². The van der Waals surface area contributed by atoms with Crippen LogP contribution in [0.3, 0.4) is 0 Å². The number of nitrogens with two attached hydrogens (primary N) is 2. The Labute approximate surface area is 126 Å². The molecular weight excluding hydrogens is 284 g/mol. The van der Waals surface area contributed by atoms with Crippen molar-refractivity contribution in [3.8, 4) is 11.5 Å². The van der Waals surface area contributed by atoms with Crippen LogP contribution < -0.4 is 20.9 Å². The van der Waals surface area contributed by atoms with E-state index in [1.165, 1.54) is 26.4 Å². The molecule has 0 saturated carbocycles. The van der Waals surface area contributed by atoms with Crippen molar-refractivity contribution >= 4 is 22.9 Å². The summed E-state index contributed by atoms with van der Waals surface area (Å²) in [5.41, 5.74) is 12.7. The molecule has 1 aliphatic carbocycles. The van der Waals surface area contributed by atoms with Gasteiger partial charge in [-0.1, -0.05) is 0 Å². The first-order chi connectivity index (χ1) is 10.5. The van der Waals surface area contributed by atoms with E-state index in [-0.39, 0.29) is 45.1 Å². The number of hydrogen-bond acceptors (Lipinski definition) is 6. The molecule has 2 aromatic carbocycles. The van der Waals surface area contributed by atoms with Gasteiger partial charge < -0.3 is 20.9 Å². The highest BCUT2D eigenvalue weighted by molar-refractivity contribution is 6.33. The molecule has 3 rings (SSSR count). The summed E-state index contributed by atoms with van der Waals surface area (Å²) in [6.45, 7) is 0. The molecule has 22 heavy (non-hydrogen) atoms. The molecule has 0 saturated heterocycles. The van der Waals surface area contributed by atoms with Gasteiger partial charge in [0.05, 0.1) is 36.5 Å². The average molecular weight is 298 g/mol. The fourth-order valence-corrected chi connectivity index (χ4v) is 2.73. The second-order valence-electron chi connectivity index (χ2n) is 4.87. The van der Waals surface area contributed by atoms with Gasteiger partial charge in [-0.25, -0.2) is 0 Å². The molecule has 0 radical (unpaired) electrons. The van der Waals surface area contributed by atoms with E-state index in [0.717, 1.165) is 0 Å². The topological polar surface area (TPSA) is 105 Å². The Morgan fingerprint density at radius 1 is 0.682 bits per heavy atom. The summed E-state index contributed by atoms with van der Waals surface area (Å²) in [6.07, 6.45) is 0. The van der Waals surface area contributed by atoms with Gasteiger partial charge in [0.25, 0.3) is 0 Å². The number of nitrogen functional groups attached to an aromatic ring is 2. The largest absolute Gasteiger partial charge is 0.496 e. The third-order valence-electron chi connectivity index (χ3n) is 3.75. The summed E-state index contributed by atoms with van der Waals surface area (Å²) in [5.74, 6) is -0.217. The molecule has 0 heterocycles. The number of carbonyl (C=O) groups is 2. The van der Waals surface area contributed by atoms with Crippen LogP contribution in [0.25, 0.3) is 0 Å². The van der Waals surface area contributed by atoms with Gasteiger partial charge >= 0.3 is 0 Å². The highest BCUT2D eigenvalue weighted by atomic mass is 16.5. The van der Waals surface area contributed by atoms with Crippen molar-refractivity contribution in [1.82, 2.24) is 0 Å². The number of hydrogen-bond donors (Lipinski definition) is 2. The van der Waals surface area contributed by atoms with Gasteiger partial charge in [0.1, 0.15) is 11.5 Å². The quantitative estimate of drug-likeness (QED) is 0.697. The molecule has 1 aliphatic rings. The molecule has 0 fully saturated rings. The van der Waals surface area contributed by atoms with Crippen LogP contribution in [0.15, 0.2) is 24.3 Å². The lowest BCUT2D eigenvalue weighted by Gasteiger charge is -2.23. The first-order valence-electron chi connectivity index (χ1n) is 6.53. The van der Waals surface area contributed by atoms with Gasteiger partial charge in [0.15, 0.2) is 5.78 Å². The van der Waals surface area contributed by atoms with Crippen molar-refractivity contribution in [2.45, 2.75) is 0 Å². The maximum Gasteiger partial charge on any atom is 0.202 e. The molecule has 0 bridgehead atoms. The third kappa shape index (κ3) is 1.67. The number of carbonyl (C=O) groups excluding carboxylic acids is 2. The van der Waals surface area contributed by atoms with Crippen LogP contribution in [0, 0.1) is 0 Å². The molecule has 0 aliphatic heterocycles. The Morgan fingerprint density at radius 2 is 1.05 bits per heavy atom. The second kappa shape index (κ2) is 4.77. The zero-order chi connectivity index (χ0) is 16.0. The van der Waals surface area contributed by atoms with Crippen LogP contribution in [0.5, 0.6) is 11.5 Å². The van der Waals surface area contributed by atoms with Crippen LogP contribution >= 0.6 is 0 Å². The highest BCUT2D eigenvalue weighted by Gasteiger charge is 2.37. The van der Waals surface area contributed by atoms with Crippen molar-refractivity contribution in [1.29, 1.82) is 0 Å². The maximum absolute atomic E-state index is 12.9. The molecule has 6 heteroatoms.